The van der Waals surface area contributed by atoms with Gasteiger partial charge in [0.05, 0.1) is 12.1 Å². The summed E-state index contributed by atoms with van der Waals surface area (Å²) in [4.78, 5) is 58.0. The number of thiophene rings is 1. The second-order valence-electron chi connectivity index (χ2n) is 18.6. The van der Waals surface area contributed by atoms with E-state index in [1.54, 1.807) is 0 Å². The molecular weight excluding hydrogens is 805 g/mol. The number of fused-ring (bicyclic) bond motifs is 1. The van der Waals surface area contributed by atoms with E-state index in [1.165, 1.54) is 133 Å². The van der Waals surface area contributed by atoms with Gasteiger partial charge in [-0.25, -0.2) is 0 Å². The maximum absolute atomic E-state index is 13.6. The third kappa shape index (κ3) is 27.4. The van der Waals surface area contributed by atoms with Gasteiger partial charge in [-0.1, -0.05) is 148 Å². The molecule has 0 saturated carbocycles. The van der Waals surface area contributed by atoms with Gasteiger partial charge in [-0.05, 0) is 96.7 Å². The molecule has 0 aliphatic carbocycles. The van der Waals surface area contributed by atoms with Crippen LogP contribution in [0.2, 0.25) is 0 Å². The van der Waals surface area contributed by atoms with Gasteiger partial charge >= 0.3 is 5.97 Å². The minimum Gasteiger partial charge on any atom is -0.462 e. The summed E-state index contributed by atoms with van der Waals surface area (Å²) in [6.07, 6.45) is 40.1. The molecule has 0 saturated heterocycles. The molecule has 0 unspecified atom stereocenters. The van der Waals surface area contributed by atoms with Crippen LogP contribution in [0.25, 0.3) is 0 Å². The monoisotopic (exact) mass is 899 g/mol. The number of nitrogens with one attached hydrogen (secondary N) is 2. The van der Waals surface area contributed by atoms with Gasteiger partial charge in [-0.2, -0.15) is 0 Å². The highest BCUT2D eigenvalue weighted by molar-refractivity contribution is 7.17. The third-order valence-corrected chi connectivity index (χ3v) is 13.6. The Balaban J connectivity index is 1.83. The number of unbranched alkanes of at least 4 members (excludes halogenated alkanes) is 22. The van der Waals surface area contributed by atoms with Gasteiger partial charge in [-0.3, -0.25) is 19.2 Å². The lowest BCUT2D eigenvalue weighted by atomic mass is 10.0. The van der Waals surface area contributed by atoms with Crippen LogP contribution in [-0.4, -0.2) is 73.3 Å². The van der Waals surface area contributed by atoms with E-state index < -0.39 is 0 Å². The van der Waals surface area contributed by atoms with E-state index in [9.17, 15) is 19.2 Å². The summed E-state index contributed by atoms with van der Waals surface area (Å²) in [7, 11) is 3.95. The quantitative estimate of drug-likeness (QED) is 0.0386. The van der Waals surface area contributed by atoms with Crippen molar-refractivity contribution in [2.45, 2.75) is 245 Å². The first-order chi connectivity index (χ1) is 30.7. The second-order valence-corrected chi connectivity index (χ2v) is 19.8. The number of hydrogen-bond donors (Lipinski definition) is 2. The second kappa shape index (κ2) is 37.5. The number of carbonyl (C=O) groups is 4. The number of amides is 3. The van der Waals surface area contributed by atoms with Crippen molar-refractivity contribution in [1.29, 1.82) is 0 Å². The summed E-state index contributed by atoms with van der Waals surface area (Å²) >= 11 is 1.44. The molecule has 2 heterocycles. The van der Waals surface area contributed by atoms with Gasteiger partial charge in [0.15, 0.2) is 0 Å². The predicted molar refractivity (Wildman–Crippen MR) is 267 cm³/mol. The molecule has 1 aliphatic rings. The van der Waals surface area contributed by atoms with Crippen molar-refractivity contribution in [2.75, 3.05) is 39.0 Å². The van der Waals surface area contributed by atoms with Crippen LogP contribution in [0.1, 0.15) is 247 Å². The van der Waals surface area contributed by atoms with E-state index >= 15 is 0 Å². The Kier molecular flexibility index (Phi) is 33.6. The third-order valence-electron chi connectivity index (χ3n) is 12.5. The first-order valence-corrected chi connectivity index (χ1v) is 27.0. The zero-order chi connectivity index (χ0) is 45.8. The number of rotatable bonds is 40. The Labute approximate surface area is 390 Å². The smallest absolute Gasteiger partial charge is 0.306 e. The number of allylic oxidation sites excluding steroid dienone is 2. The number of ether oxygens (including phenoxy) is 1. The standard InChI is InChI=1S/C53H94N4O5S/c1-6-9-12-15-18-19-20-21-22-23-24-25-26-29-32-37-48(58)55-53-51(52(61)54-41-43-56(4)5)46-40-42-57(44-47(46)63-53)49(59)38-33-34-39-50(60)62-45(35-30-27-16-13-10-7-2)36-31-28-17-14-11-8-3/h21-22,45H,6-20,23-44H2,1-5H3,(H,54,61)(H,55,58)/b22-21-. The molecule has 1 aliphatic heterocycles. The Morgan fingerprint density at radius 1 is 0.667 bits per heavy atom. The molecule has 0 spiro atoms. The van der Waals surface area contributed by atoms with E-state index in [0.29, 0.717) is 75.3 Å². The number of carbonyl (C=O) groups excluding carboxylic acids is 4. The molecule has 1 aromatic rings. The minimum absolute atomic E-state index is 0.00594. The zero-order valence-corrected chi connectivity index (χ0v) is 42.1. The average molecular weight is 899 g/mol. The van der Waals surface area contributed by atoms with Crippen LogP contribution < -0.4 is 10.6 Å². The fraction of sp³-hybridized carbons (Fsp3) is 0.811. The summed E-state index contributed by atoms with van der Waals surface area (Å²) < 4.78 is 6.03. The molecule has 10 heteroatoms. The molecule has 9 nitrogen and oxygen atoms in total. The average Bonchev–Trinajstić information content (AvgIpc) is 3.62. The Morgan fingerprint density at radius 2 is 1.17 bits per heavy atom. The van der Waals surface area contributed by atoms with Crippen LogP contribution in [0.3, 0.4) is 0 Å². The molecule has 362 valence electrons. The Bertz CT molecular complexity index is 1380. The molecule has 2 rings (SSSR count). The lowest BCUT2D eigenvalue weighted by Gasteiger charge is -2.27. The van der Waals surface area contributed by atoms with Crippen LogP contribution in [0.15, 0.2) is 12.2 Å². The highest BCUT2D eigenvalue weighted by Gasteiger charge is 2.30. The fourth-order valence-corrected chi connectivity index (χ4v) is 9.76. The van der Waals surface area contributed by atoms with Crippen molar-refractivity contribution in [3.05, 3.63) is 28.2 Å². The summed E-state index contributed by atoms with van der Waals surface area (Å²) in [6.45, 7) is 8.93. The van der Waals surface area contributed by atoms with Crippen molar-refractivity contribution in [2.24, 2.45) is 0 Å². The topological polar surface area (TPSA) is 108 Å². The summed E-state index contributed by atoms with van der Waals surface area (Å²) in [6, 6.07) is 0. The summed E-state index contributed by atoms with van der Waals surface area (Å²) in [5.74, 6) is -0.290. The largest absolute Gasteiger partial charge is 0.462 e. The van der Waals surface area contributed by atoms with Crippen LogP contribution in [0.4, 0.5) is 5.00 Å². The van der Waals surface area contributed by atoms with E-state index in [-0.39, 0.29) is 29.8 Å². The fourth-order valence-electron chi connectivity index (χ4n) is 8.49. The maximum Gasteiger partial charge on any atom is 0.306 e. The molecule has 1 aromatic heterocycles. The molecule has 0 radical (unpaired) electrons. The predicted octanol–water partition coefficient (Wildman–Crippen LogP) is 13.9. The molecule has 0 fully saturated rings. The Morgan fingerprint density at radius 3 is 1.75 bits per heavy atom. The number of anilines is 1. The summed E-state index contributed by atoms with van der Waals surface area (Å²) in [5, 5.41) is 6.76. The normalized spacial score (nSPS) is 12.7. The van der Waals surface area contributed by atoms with Crippen molar-refractivity contribution in [3.63, 3.8) is 0 Å². The molecule has 3 amide bonds. The maximum atomic E-state index is 13.6. The Hall–Kier alpha value is -2.72. The van der Waals surface area contributed by atoms with Gasteiger partial charge in [0, 0.05) is 43.8 Å². The molecular formula is C53H94N4O5S. The number of hydrogen-bond acceptors (Lipinski definition) is 7. The van der Waals surface area contributed by atoms with E-state index in [0.717, 1.165) is 61.8 Å². The molecule has 0 bridgehead atoms. The van der Waals surface area contributed by atoms with Crippen molar-refractivity contribution in [1.82, 2.24) is 15.1 Å². The molecule has 0 atom stereocenters. The van der Waals surface area contributed by atoms with E-state index in [1.807, 2.05) is 23.9 Å². The van der Waals surface area contributed by atoms with Crippen molar-refractivity contribution >= 4 is 40.0 Å². The molecule has 0 aromatic carbocycles. The van der Waals surface area contributed by atoms with Gasteiger partial charge in [-0.15, -0.1) is 11.3 Å². The van der Waals surface area contributed by atoms with Crippen LogP contribution in [0.5, 0.6) is 0 Å². The minimum atomic E-state index is -0.168. The molecule has 2 N–H and O–H groups in total. The highest BCUT2D eigenvalue weighted by atomic mass is 32.1. The lowest BCUT2D eigenvalue weighted by Crippen LogP contribution is -2.36. The van der Waals surface area contributed by atoms with Gasteiger partial charge in [0.1, 0.15) is 11.1 Å². The number of esters is 1. The number of nitrogens with zero attached hydrogens (tertiary/aromatic N) is 2. The van der Waals surface area contributed by atoms with Crippen LogP contribution in [0, 0.1) is 0 Å². The lowest BCUT2D eigenvalue weighted by molar-refractivity contribution is -0.150. The highest BCUT2D eigenvalue weighted by Crippen LogP contribution is 2.37. The van der Waals surface area contributed by atoms with Gasteiger partial charge in [0.25, 0.3) is 5.91 Å². The SMILES string of the molecule is CCCCCCCC/C=C\CCCCCCCC(=O)Nc1sc2c(c1C(=O)NCCN(C)C)CCN(C(=O)CCCCC(=O)OC(CCCCCCCC)CCCCCCCC)C2. The zero-order valence-electron chi connectivity index (χ0n) is 41.2. The van der Waals surface area contributed by atoms with E-state index in [2.05, 4.69) is 43.6 Å². The summed E-state index contributed by atoms with van der Waals surface area (Å²) in [5.41, 5.74) is 1.51. The van der Waals surface area contributed by atoms with Crippen molar-refractivity contribution < 1.29 is 23.9 Å². The van der Waals surface area contributed by atoms with Gasteiger partial charge in [0.2, 0.25) is 11.8 Å². The van der Waals surface area contributed by atoms with Crippen LogP contribution in [-0.2, 0) is 32.1 Å². The first-order valence-electron chi connectivity index (χ1n) is 26.2. The first kappa shape index (κ1) is 56.4. The molecule has 63 heavy (non-hydrogen) atoms. The van der Waals surface area contributed by atoms with Gasteiger partial charge < -0.3 is 25.2 Å². The van der Waals surface area contributed by atoms with E-state index in [4.69, 9.17) is 4.74 Å². The number of likely N-dealkylation sites (N-methyl/N-ethyl adjacent to an activating group) is 1. The van der Waals surface area contributed by atoms with Crippen LogP contribution >= 0.6 is 11.3 Å². The van der Waals surface area contributed by atoms with Crippen molar-refractivity contribution in [3.8, 4) is 0 Å².